The number of fused-ring (bicyclic) bond motifs is 1. The van der Waals surface area contributed by atoms with Gasteiger partial charge in [0.25, 0.3) is 0 Å². The minimum atomic E-state index is -4.41. The fourth-order valence-corrected chi connectivity index (χ4v) is 3.33. The molecule has 27 heavy (non-hydrogen) atoms. The van der Waals surface area contributed by atoms with E-state index in [1.54, 1.807) is 12.1 Å². The first-order chi connectivity index (χ1) is 12.4. The Bertz CT molecular complexity index is 790. The lowest BCUT2D eigenvalue weighted by Gasteiger charge is -2.24. The molecule has 0 aliphatic carbocycles. The number of alkyl halides is 3. The van der Waals surface area contributed by atoms with E-state index >= 15 is 0 Å². The lowest BCUT2D eigenvalue weighted by Crippen LogP contribution is -2.17. The molecule has 0 amide bonds. The molecule has 3 N–H and O–H groups in total. The van der Waals surface area contributed by atoms with Crippen LogP contribution in [0, 0.1) is 5.92 Å². The van der Waals surface area contributed by atoms with E-state index in [0.29, 0.717) is 5.69 Å². The highest BCUT2D eigenvalue weighted by Gasteiger charge is 2.37. The van der Waals surface area contributed by atoms with Gasteiger partial charge in [-0.1, -0.05) is 45.0 Å². The molecule has 1 aliphatic rings. The standard InChI is InChI=1S/C14H14F3NS.C7H17N/c1-9-7-12(14(15,16)17)11-8-10(19(2,3)4)5-6-13(11)18-9;1-3-4-5-7(2)6-8/h5-8,18H,1-3H2,4H3;7H,3-6,8H2,1-2H3. The van der Waals surface area contributed by atoms with Crippen molar-refractivity contribution in [2.24, 2.45) is 11.7 Å². The van der Waals surface area contributed by atoms with Crippen molar-refractivity contribution in [3.63, 3.8) is 0 Å². The van der Waals surface area contributed by atoms with Crippen LogP contribution in [0.2, 0.25) is 0 Å². The summed E-state index contributed by atoms with van der Waals surface area (Å²) in [5.74, 6) is 8.58. The van der Waals surface area contributed by atoms with Crippen LogP contribution in [0.1, 0.15) is 38.7 Å². The van der Waals surface area contributed by atoms with E-state index in [9.17, 15) is 13.2 Å². The van der Waals surface area contributed by atoms with Crippen LogP contribution in [-0.2, 0) is 0 Å². The van der Waals surface area contributed by atoms with E-state index in [1.807, 2.05) is 6.26 Å². The molecular formula is C21H31F3N2S. The molecule has 0 aromatic heterocycles. The van der Waals surface area contributed by atoms with E-state index in [2.05, 4.69) is 37.5 Å². The van der Waals surface area contributed by atoms with Gasteiger partial charge in [0.15, 0.2) is 0 Å². The van der Waals surface area contributed by atoms with Crippen LogP contribution >= 0.6 is 9.21 Å². The predicted molar refractivity (Wildman–Crippen MR) is 117 cm³/mol. The Morgan fingerprint density at radius 3 is 2.37 bits per heavy atom. The smallest absolute Gasteiger partial charge is 0.355 e. The highest BCUT2D eigenvalue weighted by atomic mass is 32.2. The van der Waals surface area contributed by atoms with E-state index in [-0.39, 0.29) is 11.3 Å². The van der Waals surface area contributed by atoms with E-state index in [0.717, 1.165) is 23.4 Å². The molecule has 6 heteroatoms. The largest absolute Gasteiger partial charge is 0.417 e. The number of nitrogens with one attached hydrogen (secondary N) is 1. The van der Waals surface area contributed by atoms with Crippen LogP contribution in [0.25, 0.3) is 5.57 Å². The molecule has 1 aliphatic heterocycles. The van der Waals surface area contributed by atoms with Gasteiger partial charge in [-0.25, -0.2) is 0 Å². The number of allylic oxidation sites excluding steroid dienone is 2. The Labute approximate surface area is 161 Å². The van der Waals surface area contributed by atoms with Gasteiger partial charge in [-0.3, -0.25) is 0 Å². The van der Waals surface area contributed by atoms with Gasteiger partial charge >= 0.3 is 6.18 Å². The first kappa shape index (κ1) is 23.4. The number of rotatable bonds is 5. The fourth-order valence-electron chi connectivity index (χ4n) is 2.53. The number of hydrogen-bond donors (Lipinski definition) is 2. The molecule has 152 valence electrons. The number of unbranched alkanes of at least 4 members (excludes halogenated alkanes) is 1. The average Bonchev–Trinajstić information content (AvgIpc) is 2.57. The number of anilines is 1. The fraction of sp³-hybridized carbons (Fsp3) is 0.429. The molecule has 0 saturated heterocycles. The maximum Gasteiger partial charge on any atom is 0.417 e. The highest BCUT2D eigenvalue weighted by molar-refractivity contribution is 8.27. The summed E-state index contributed by atoms with van der Waals surface area (Å²) in [6.45, 7) is 8.80. The second-order valence-corrected chi connectivity index (χ2v) is 10.2. The second kappa shape index (κ2) is 9.51. The minimum Gasteiger partial charge on any atom is -0.355 e. The molecular weight excluding hydrogens is 369 g/mol. The molecule has 0 radical (unpaired) electrons. The van der Waals surface area contributed by atoms with Gasteiger partial charge in [-0.15, -0.1) is 0 Å². The third-order valence-corrected chi connectivity index (χ3v) is 5.61. The average molecular weight is 401 g/mol. The summed E-state index contributed by atoms with van der Waals surface area (Å²) in [4.78, 5) is 0.732. The van der Waals surface area contributed by atoms with Gasteiger partial charge in [0.05, 0.1) is 5.57 Å². The summed E-state index contributed by atoms with van der Waals surface area (Å²) in [6, 6.07) is 4.90. The Morgan fingerprint density at radius 1 is 1.26 bits per heavy atom. The van der Waals surface area contributed by atoms with Crippen molar-refractivity contribution in [1.29, 1.82) is 0 Å². The van der Waals surface area contributed by atoms with Crippen molar-refractivity contribution in [3.8, 4) is 0 Å². The Kier molecular flexibility index (Phi) is 8.23. The van der Waals surface area contributed by atoms with Gasteiger partial charge in [0.2, 0.25) is 0 Å². The maximum absolute atomic E-state index is 13.1. The highest BCUT2D eigenvalue weighted by Crippen LogP contribution is 2.43. The van der Waals surface area contributed by atoms with Gasteiger partial charge < -0.3 is 11.1 Å². The molecule has 0 spiro atoms. The van der Waals surface area contributed by atoms with Crippen molar-refractivity contribution in [2.75, 3.05) is 18.1 Å². The summed E-state index contributed by atoms with van der Waals surface area (Å²) >= 11 is 0. The normalized spacial score (nSPS) is 15.1. The molecule has 0 saturated carbocycles. The van der Waals surface area contributed by atoms with Crippen LogP contribution < -0.4 is 11.1 Å². The molecule has 0 bridgehead atoms. The quantitative estimate of drug-likeness (QED) is 0.595. The topological polar surface area (TPSA) is 38.0 Å². The Balaban J connectivity index is 0.000000387. The van der Waals surface area contributed by atoms with E-state index in [4.69, 9.17) is 5.73 Å². The third kappa shape index (κ3) is 7.11. The third-order valence-electron chi connectivity index (χ3n) is 4.22. The number of halogens is 3. The van der Waals surface area contributed by atoms with Gasteiger partial charge in [0, 0.05) is 16.9 Å². The minimum absolute atomic E-state index is 0.128. The SMILES string of the molecule is C=C1C=C(C(F)(F)F)c2cc(S(=C)(=C)C)ccc2N1.CCCCC(C)CN. The lowest BCUT2D eigenvalue weighted by atomic mass is 9.99. The van der Waals surface area contributed by atoms with E-state index in [1.165, 1.54) is 25.3 Å². The zero-order valence-electron chi connectivity index (χ0n) is 16.5. The van der Waals surface area contributed by atoms with E-state index < -0.39 is 21.0 Å². The van der Waals surface area contributed by atoms with Gasteiger partial charge in [0.1, 0.15) is 0 Å². The van der Waals surface area contributed by atoms with Crippen LogP contribution in [0.4, 0.5) is 18.9 Å². The predicted octanol–water partition coefficient (Wildman–Crippen LogP) is 6.00. The zero-order chi connectivity index (χ0) is 20.8. The maximum atomic E-state index is 13.1. The molecule has 1 aromatic carbocycles. The molecule has 2 nitrogen and oxygen atoms in total. The Morgan fingerprint density at radius 2 is 1.89 bits per heavy atom. The molecule has 1 heterocycles. The monoisotopic (exact) mass is 400 g/mol. The summed E-state index contributed by atoms with van der Waals surface area (Å²) in [7, 11) is -1.56. The van der Waals surface area contributed by atoms with Crippen molar-refractivity contribution >= 4 is 32.2 Å². The van der Waals surface area contributed by atoms with Crippen molar-refractivity contribution in [2.45, 2.75) is 44.2 Å². The Hall–Kier alpha value is -1.66. The van der Waals surface area contributed by atoms with Crippen molar-refractivity contribution < 1.29 is 13.2 Å². The first-order valence-corrected chi connectivity index (χ1v) is 11.3. The summed E-state index contributed by atoms with van der Waals surface area (Å²) in [6.07, 6.45) is 2.37. The molecule has 2 rings (SSSR count). The van der Waals surface area contributed by atoms with Crippen LogP contribution in [0.3, 0.4) is 0 Å². The number of hydrogen-bond acceptors (Lipinski definition) is 2. The number of benzene rings is 1. The van der Waals surface area contributed by atoms with Gasteiger partial charge in [-0.05, 0) is 54.3 Å². The van der Waals surface area contributed by atoms with Crippen molar-refractivity contribution in [3.05, 3.63) is 42.1 Å². The molecule has 0 fully saturated rings. The lowest BCUT2D eigenvalue weighted by molar-refractivity contribution is -0.0689. The summed E-state index contributed by atoms with van der Waals surface area (Å²) in [5, 5.41) is 2.84. The van der Waals surface area contributed by atoms with Crippen LogP contribution in [0.5, 0.6) is 0 Å². The van der Waals surface area contributed by atoms with Crippen LogP contribution in [0.15, 0.2) is 41.4 Å². The molecule has 1 atom stereocenters. The first-order valence-electron chi connectivity index (χ1n) is 8.93. The molecule has 1 unspecified atom stereocenters. The zero-order valence-corrected chi connectivity index (χ0v) is 17.3. The summed E-state index contributed by atoms with van der Waals surface area (Å²) in [5.41, 5.74) is 5.50. The van der Waals surface area contributed by atoms with Crippen molar-refractivity contribution in [1.82, 2.24) is 0 Å². The van der Waals surface area contributed by atoms with Crippen LogP contribution in [-0.4, -0.2) is 30.7 Å². The second-order valence-electron chi connectivity index (χ2n) is 7.17. The van der Waals surface area contributed by atoms with Gasteiger partial charge in [-0.2, -0.15) is 22.4 Å². The number of nitrogens with two attached hydrogens (primary N) is 1. The summed E-state index contributed by atoms with van der Waals surface area (Å²) < 4.78 is 39.2. The molecule has 1 aromatic rings.